The lowest BCUT2D eigenvalue weighted by Crippen LogP contribution is -2.61. The molecule has 72 valence electrons. The molecular weight excluding hydrogens is 162 g/mol. The van der Waals surface area contributed by atoms with Crippen LogP contribution in [0.4, 0.5) is 0 Å². The second-order valence-electron chi connectivity index (χ2n) is 3.12. The van der Waals surface area contributed by atoms with E-state index in [0.29, 0.717) is 0 Å². The van der Waals surface area contributed by atoms with Crippen LogP contribution in [0.25, 0.3) is 0 Å². The van der Waals surface area contributed by atoms with Gasteiger partial charge in [-0.15, -0.1) is 0 Å². The van der Waals surface area contributed by atoms with Crippen molar-refractivity contribution in [1.29, 1.82) is 0 Å². The zero-order valence-electron chi connectivity index (χ0n) is 6.92. The molecule has 1 saturated heterocycles. The Morgan fingerprint density at radius 1 is 1.33 bits per heavy atom. The van der Waals surface area contributed by atoms with Gasteiger partial charge in [0.25, 0.3) is 0 Å². The molecule has 0 aromatic heterocycles. The highest BCUT2D eigenvalue weighted by Gasteiger charge is 2.39. The maximum atomic E-state index is 9.35. The standard InChI is InChI=1S/C7H15NO4/c1-3-6(10)7(11)5(8)4(2-9)12-3/h3-7,9-11H,2,8H2,1H3/t3-,4-,5-,6+,7+/m1/s1. The van der Waals surface area contributed by atoms with E-state index >= 15 is 0 Å². The van der Waals surface area contributed by atoms with Crippen LogP contribution in [0.5, 0.6) is 0 Å². The quantitative estimate of drug-likeness (QED) is 0.365. The molecule has 1 aliphatic rings. The number of hydrogen-bond donors (Lipinski definition) is 4. The van der Waals surface area contributed by atoms with Gasteiger partial charge in [-0.3, -0.25) is 0 Å². The van der Waals surface area contributed by atoms with Gasteiger partial charge in [0, 0.05) is 0 Å². The third-order valence-electron chi connectivity index (χ3n) is 2.22. The van der Waals surface area contributed by atoms with E-state index in [-0.39, 0.29) is 6.61 Å². The fourth-order valence-corrected chi connectivity index (χ4v) is 1.34. The normalized spacial score (nSPS) is 49.2. The molecule has 1 rings (SSSR count). The van der Waals surface area contributed by atoms with Gasteiger partial charge < -0.3 is 25.8 Å². The van der Waals surface area contributed by atoms with Gasteiger partial charge in [-0.25, -0.2) is 0 Å². The zero-order chi connectivity index (χ0) is 9.30. The van der Waals surface area contributed by atoms with Gasteiger partial charge in [0.15, 0.2) is 0 Å². The molecule has 5 atom stereocenters. The van der Waals surface area contributed by atoms with Crippen molar-refractivity contribution >= 4 is 0 Å². The van der Waals surface area contributed by atoms with Crippen LogP contribution in [0.2, 0.25) is 0 Å². The van der Waals surface area contributed by atoms with Crippen molar-refractivity contribution in [1.82, 2.24) is 0 Å². The van der Waals surface area contributed by atoms with Crippen molar-refractivity contribution in [2.75, 3.05) is 6.61 Å². The average molecular weight is 177 g/mol. The Balaban J connectivity index is 2.63. The molecule has 0 aromatic rings. The number of aliphatic hydroxyl groups excluding tert-OH is 3. The molecule has 1 heterocycles. The molecule has 1 fully saturated rings. The van der Waals surface area contributed by atoms with E-state index in [1.54, 1.807) is 6.92 Å². The van der Waals surface area contributed by atoms with E-state index in [0.717, 1.165) is 0 Å². The van der Waals surface area contributed by atoms with Crippen LogP contribution in [-0.2, 0) is 4.74 Å². The molecule has 0 aromatic carbocycles. The maximum Gasteiger partial charge on any atom is 0.107 e. The summed E-state index contributed by atoms with van der Waals surface area (Å²) in [5.74, 6) is 0. The first-order chi connectivity index (χ1) is 5.57. The van der Waals surface area contributed by atoms with Crippen LogP contribution >= 0.6 is 0 Å². The van der Waals surface area contributed by atoms with Gasteiger partial charge in [0.05, 0.1) is 24.9 Å². The van der Waals surface area contributed by atoms with Gasteiger partial charge in [0.1, 0.15) is 12.2 Å². The summed E-state index contributed by atoms with van der Waals surface area (Å²) >= 11 is 0. The zero-order valence-corrected chi connectivity index (χ0v) is 6.92. The summed E-state index contributed by atoms with van der Waals surface area (Å²) < 4.78 is 5.15. The highest BCUT2D eigenvalue weighted by Crippen LogP contribution is 2.18. The van der Waals surface area contributed by atoms with Crippen molar-refractivity contribution < 1.29 is 20.1 Å². The molecule has 0 amide bonds. The summed E-state index contributed by atoms with van der Waals surface area (Å²) in [6, 6.07) is -0.721. The Bertz CT molecular complexity index is 150. The highest BCUT2D eigenvalue weighted by atomic mass is 16.5. The van der Waals surface area contributed by atoms with E-state index in [1.165, 1.54) is 0 Å². The smallest absolute Gasteiger partial charge is 0.107 e. The van der Waals surface area contributed by atoms with Gasteiger partial charge in [-0.2, -0.15) is 0 Å². The lowest BCUT2D eigenvalue weighted by atomic mass is 9.94. The van der Waals surface area contributed by atoms with Crippen LogP contribution in [0, 0.1) is 0 Å². The second-order valence-corrected chi connectivity index (χ2v) is 3.12. The van der Waals surface area contributed by atoms with E-state index in [9.17, 15) is 10.2 Å². The lowest BCUT2D eigenvalue weighted by molar-refractivity contribution is -0.180. The average Bonchev–Trinajstić information content (AvgIpc) is 2.08. The summed E-state index contributed by atoms with van der Waals surface area (Å²) in [7, 11) is 0. The first kappa shape index (κ1) is 9.88. The number of hydrogen-bond acceptors (Lipinski definition) is 5. The summed E-state index contributed by atoms with van der Waals surface area (Å²) in [4.78, 5) is 0. The molecule has 0 aliphatic carbocycles. The fourth-order valence-electron chi connectivity index (χ4n) is 1.34. The van der Waals surface area contributed by atoms with Crippen LogP contribution in [0.3, 0.4) is 0 Å². The van der Waals surface area contributed by atoms with Crippen LogP contribution in [0.15, 0.2) is 0 Å². The first-order valence-corrected chi connectivity index (χ1v) is 3.96. The third-order valence-corrected chi connectivity index (χ3v) is 2.22. The molecule has 0 bridgehead atoms. The molecule has 0 unspecified atom stereocenters. The van der Waals surface area contributed by atoms with Crippen molar-refractivity contribution in [3.8, 4) is 0 Å². The third kappa shape index (κ3) is 1.60. The lowest BCUT2D eigenvalue weighted by Gasteiger charge is -2.39. The predicted molar refractivity (Wildman–Crippen MR) is 41.4 cm³/mol. The Hall–Kier alpha value is -0.200. The Labute approximate surface area is 70.8 Å². The molecule has 0 saturated carbocycles. The van der Waals surface area contributed by atoms with Gasteiger partial charge in [0.2, 0.25) is 0 Å². The fraction of sp³-hybridized carbons (Fsp3) is 1.00. The topological polar surface area (TPSA) is 95.9 Å². The largest absolute Gasteiger partial charge is 0.394 e. The summed E-state index contributed by atoms with van der Waals surface area (Å²) in [5.41, 5.74) is 5.49. The predicted octanol–water partition coefficient (Wildman–Crippen LogP) is -2.18. The minimum Gasteiger partial charge on any atom is -0.394 e. The number of ether oxygens (including phenoxy) is 1. The number of rotatable bonds is 1. The van der Waals surface area contributed by atoms with E-state index in [4.69, 9.17) is 15.6 Å². The highest BCUT2D eigenvalue weighted by molar-refractivity contribution is 4.92. The Morgan fingerprint density at radius 2 is 1.92 bits per heavy atom. The first-order valence-electron chi connectivity index (χ1n) is 3.96. The molecule has 0 radical (unpaired) electrons. The van der Waals surface area contributed by atoms with Crippen LogP contribution < -0.4 is 5.73 Å². The Kier molecular flexibility index (Phi) is 3.03. The summed E-state index contributed by atoms with van der Waals surface area (Å²) in [5, 5.41) is 27.4. The van der Waals surface area contributed by atoms with Crippen molar-refractivity contribution in [2.24, 2.45) is 5.73 Å². The molecule has 5 nitrogen and oxygen atoms in total. The summed E-state index contributed by atoms with van der Waals surface area (Å²) in [6.45, 7) is 1.39. The molecule has 1 aliphatic heterocycles. The summed E-state index contributed by atoms with van der Waals surface area (Å²) in [6.07, 6.45) is -3.07. The van der Waals surface area contributed by atoms with Crippen molar-refractivity contribution in [2.45, 2.75) is 37.4 Å². The molecular formula is C7H15NO4. The van der Waals surface area contributed by atoms with E-state index in [1.807, 2.05) is 0 Å². The van der Waals surface area contributed by atoms with E-state index < -0.39 is 30.5 Å². The van der Waals surface area contributed by atoms with Gasteiger partial charge in [-0.1, -0.05) is 0 Å². The minimum atomic E-state index is -1.02. The molecule has 12 heavy (non-hydrogen) atoms. The van der Waals surface area contributed by atoms with Crippen molar-refractivity contribution in [3.63, 3.8) is 0 Å². The SMILES string of the molecule is C[C@H]1O[C@H](CO)[C@@H](N)[C@H](O)[C@H]1O. The number of aliphatic hydroxyl groups is 3. The number of nitrogens with two attached hydrogens (primary N) is 1. The van der Waals surface area contributed by atoms with Crippen LogP contribution in [-0.4, -0.2) is 52.4 Å². The monoisotopic (exact) mass is 177 g/mol. The van der Waals surface area contributed by atoms with Gasteiger partial charge in [-0.05, 0) is 6.92 Å². The molecule has 5 N–H and O–H groups in total. The second kappa shape index (κ2) is 3.68. The maximum absolute atomic E-state index is 9.35. The molecule has 0 spiro atoms. The van der Waals surface area contributed by atoms with E-state index in [2.05, 4.69) is 0 Å². The molecule has 5 heteroatoms. The van der Waals surface area contributed by atoms with Gasteiger partial charge >= 0.3 is 0 Å². The van der Waals surface area contributed by atoms with Crippen molar-refractivity contribution in [3.05, 3.63) is 0 Å². The minimum absolute atomic E-state index is 0.241. The van der Waals surface area contributed by atoms with Crippen LogP contribution in [0.1, 0.15) is 6.92 Å². The Morgan fingerprint density at radius 3 is 2.42 bits per heavy atom.